The predicted octanol–water partition coefficient (Wildman–Crippen LogP) is 4.49. The first-order chi connectivity index (χ1) is 4.68. The summed E-state index contributed by atoms with van der Waals surface area (Å²) in [6, 6.07) is 0. The fourth-order valence-electron chi connectivity index (χ4n) is 0. The zero-order chi connectivity index (χ0) is 8.99. The van der Waals surface area contributed by atoms with Crippen molar-refractivity contribution >= 4 is 0 Å². The van der Waals surface area contributed by atoms with Gasteiger partial charge in [0.15, 0.2) is 0 Å². The van der Waals surface area contributed by atoms with Gasteiger partial charge in [-0.05, 0) is 5.92 Å². The Balaban J connectivity index is -0.0000000209. The van der Waals surface area contributed by atoms with Gasteiger partial charge in [-0.2, -0.15) is 0 Å². The first-order valence-corrected chi connectivity index (χ1v) is 4.68. The van der Waals surface area contributed by atoms with E-state index in [1.165, 1.54) is 12.8 Å². The minimum absolute atomic E-state index is 0. The molecule has 0 aliphatic heterocycles. The fourth-order valence-corrected chi connectivity index (χ4v) is 0. The third-order valence-electron chi connectivity index (χ3n) is 0.816. The second kappa shape index (κ2) is 37.5. The number of hydrogen-bond acceptors (Lipinski definition) is 0. The Labute approximate surface area is 140 Å². The Morgan fingerprint density at radius 1 is 0.833 bits per heavy atom. The molecule has 0 N–H and O–H groups in total. The van der Waals surface area contributed by atoms with Crippen molar-refractivity contribution in [3.8, 4) is 0 Å². The minimum atomic E-state index is 0. The van der Waals surface area contributed by atoms with Crippen molar-refractivity contribution in [2.24, 2.45) is 5.92 Å². The summed E-state index contributed by atoms with van der Waals surface area (Å²) in [5.41, 5.74) is 0. The molecule has 0 aliphatic carbocycles. The monoisotopic (exact) mass is 226 g/mol. The molecule has 82 valence electrons. The molecule has 0 amide bonds. The van der Waals surface area contributed by atoms with Gasteiger partial charge < -0.3 is 0 Å². The largest absolute Gasteiger partial charge is 0.0683 e. The van der Waals surface area contributed by atoms with Gasteiger partial charge in [-0.15, -0.1) is 0 Å². The molecule has 0 aromatic rings. The molecular weight excluding hydrogens is 200 g/mol. The van der Waals surface area contributed by atoms with Crippen molar-refractivity contribution in [1.82, 2.24) is 0 Å². The molecular formula is C10H26Ar2. The quantitative estimate of drug-likeness (QED) is 0.617. The summed E-state index contributed by atoms with van der Waals surface area (Å²) in [6.45, 7) is 14.9. The standard InChI is InChI=1S/C5H12.C3H8.C2H6.2Ar/c1-4-5(2)3;1-3-2;1-2;;/h5H,4H2,1-3H3;3H2,1-2H3;1-2H3;;. The van der Waals surface area contributed by atoms with Crippen LogP contribution in [0, 0.1) is 81.4 Å². The molecule has 0 spiro atoms. The van der Waals surface area contributed by atoms with Crippen LogP contribution in [0.5, 0.6) is 0 Å². The zero-order valence-corrected chi connectivity index (χ0v) is 11.1. The van der Waals surface area contributed by atoms with E-state index in [4.69, 9.17) is 0 Å². The molecule has 0 bridgehead atoms. The van der Waals surface area contributed by atoms with Crippen LogP contribution in [0.25, 0.3) is 0 Å². The van der Waals surface area contributed by atoms with Crippen LogP contribution in [0.1, 0.15) is 61.3 Å². The van der Waals surface area contributed by atoms with E-state index in [0.717, 1.165) is 5.92 Å². The summed E-state index contributed by atoms with van der Waals surface area (Å²) in [5.74, 6) is 0.884. The van der Waals surface area contributed by atoms with E-state index >= 15 is 0 Å². The van der Waals surface area contributed by atoms with Crippen molar-refractivity contribution in [3.63, 3.8) is 0 Å². The molecule has 0 radical (unpaired) electrons. The summed E-state index contributed by atoms with van der Waals surface area (Å²) in [6.07, 6.45) is 2.56. The third-order valence-corrected chi connectivity index (χ3v) is 0.816. The van der Waals surface area contributed by atoms with Gasteiger partial charge in [-0.25, -0.2) is 0 Å². The van der Waals surface area contributed by atoms with E-state index in [9.17, 15) is 0 Å². The Morgan fingerprint density at radius 3 is 0.917 bits per heavy atom. The molecule has 0 rings (SSSR count). The van der Waals surface area contributed by atoms with Gasteiger partial charge in [0.25, 0.3) is 0 Å². The van der Waals surface area contributed by atoms with Gasteiger partial charge >= 0.3 is 0 Å². The maximum Gasteiger partial charge on any atom is 0 e. The fraction of sp³-hybridized carbons (Fsp3) is 1.00. The second-order valence-electron chi connectivity index (χ2n) is 2.51. The SMILES string of the molecule is CC.CCC.CCC(C)C.[Ar].[Ar]. The van der Waals surface area contributed by atoms with Crippen LogP contribution >= 0.6 is 0 Å². The smallest absolute Gasteiger partial charge is 0 e. The Bertz CT molecular complexity index is 29.0. The molecule has 0 aromatic heterocycles. The molecule has 0 heterocycles. The molecule has 0 atom stereocenters. The Hall–Kier alpha value is 2.52. The molecule has 0 aliphatic rings. The molecule has 0 nitrogen and oxygen atoms in total. The van der Waals surface area contributed by atoms with Crippen molar-refractivity contribution in [2.75, 3.05) is 0 Å². The van der Waals surface area contributed by atoms with Gasteiger partial charge in [-0.3, -0.25) is 0 Å². The van der Waals surface area contributed by atoms with Crippen molar-refractivity contribution in [1.29, 1.82) is 0 Å². The van der Waals surface area contributed by atoms with Gasteiger partial charge in [0.1, 0.15) is 0 Å². The molecule has 0 aromatic carbocycles. The maximum absolute atomic E-state index is 2.22. The molecule has 0 fully saturated rings. The van der Waals surface area contributed by atoms with E-state index in [2.05, 4.69) is 34.6 Å². The predicted molar refractivity (Wildman–Crippen MR) is 52.4 cm³/mol. The van der Waals surface area contributed by atoms with Crippen LogP contribution in [0.3, 0.4) is 0 Å². The number of rotatable bonds is 1. The van der Waals surface area contributed by atoms with Crippen molar-refractivity contribution in [3.05, 3.63) is 0 Å². The summed E-state index contributed by atoms with van der Waals surface area (Å²) in [7, 11) is 0. The van der Waals surface area contributed by atoms with Crippen LogP contribution in [-0.4, -0.2) is 0 Å². The minimum Gasteiger partial charge on any atom is -0.0683 e. The Morgan fingerprint density at radius 2 is 0.917 bits per heavy atom. The van der Waals surface area contributed by atoms with Crippen molar-refractivity contribution in [2.45, 2.75) is 61.3 Å². The van der Waals surface area contributed by atoms with E-state index in [1.807, 2.05) is 13.8 Å². The maximum atomic E-state index is 2.22. The van der Waals surface area contributed by atoms with E-state index in [0.29, 0.717) is 0 Å². The first kappa shape index (κ1) is 29.3. The zero-order valence-electron chi connectivity index (χ0n) is 9.70. The van der Waals surface area contributed by atoms with Crippen LogP contribution in [-0.2, 0) is 0 Å². The van der Waals surface area contributed by atoms with Crippen LogP contribution in [0.15, 0.2) is 0 Å². The average molecular weight is 226 g/mol. The Kier molecular flexibility index (Phi) is 91.5. The van der Waals surface area contributed by atoms with Crippen LogP contribution < -0.4 is 0 Å². The van der Waals surface area contributed by atoms with Gasteiger partial charge in [0.05, 0.1) is 0 Å². The topological polar surface area (TPSA) is 0 Å². The summed E-state index contributed by atoms with van der Waals surface area (Å²) < 4.78 is 0. The first-order valence-electron chi connectivity index (χ1n) is 4.68. The molecule has 0 unspecified atom stereocenters. The third kappa shape index (κ3) is 81.3. The molecule has 0 saturated carbocycles. The molecule has 2 heteroatoms. The number of hydrogen-bond donors (Lipinski definition) is 0. The summed E-state index contributed by atoms with van der Waals surface area (Å²) in [4.78, 5) is 0. The average Bonchev–Trinajstić information content (AvgIpc) is 1.94. The van der Waals surface area contributed by atoms with E-state index < -0.39 is 0 Å². The second-order valence-corrected chi connectivity index (χ2v) is 2.51. The van der Waals surface area contributed by atoms with Gasteiger partial charge in [0.2, 0.25) is 0 Å². The van der Waals surface area contributed by atoms with Gasteiger partial charge in [-0.1, -0.05) is 61.3 Å². The normalized spacial score (nSPS) is 6.00. The van der Waals surface area contributed by atoms with Crippen LogP contribution in [0.2, 0.25) is 0 Å². The van der Waals surface area contributed by atoms with Gasteiger partial charge in [0, 0.05) is 75.5 Å². The van der Waals surface area contributed by atoms with E-state index in [1.54, 1.807) is 0 Å². The van der Waals surface area contributed by atoms with E-state index in [-0.39, 0.29) is 75.5 Å². The summed E-state index contributed by atoms with van der Waals surface area (Å²) >= 11 is 0. The van der Waals surface area contributed by atoms with Crippen LogP contribution in [0.4, 0.5) is 0 Å². The molecule has 12 heavy (non-hydrogen) atoms. The molecule has 0 saturated heterocycles. The summed E-state index contributed by atoms with van der Waals surface area (Å²) in [5, 5.41) is 0. The van der Waals surface area contributed by atoms with Crippen molar-refractivity contribution < 1.29 is 75.5 Å².